The molecule has 1 atom stereocenters. The number of thiophene rings is 1. The monoisotopic (exact) mass is 438 g/mol. The molecule has 7 heteroatoms. The van der Waals surface area contributed by atoms with Crippen molar-refractivity contribution in [3.63, 3.8) is 0 Å². The maximum Gasteiger partial charge on any atom is 0.313 e. The number of hydrogen-bond acceptors (Lipinski definition) is 6. The van der Waals surface area contributed by atoms with Gasteiger partial charge in [0, 0.05) is 35.8 Å². The van der Waals surface area contributed by atoms with Crippen LogP contribution in [0.4, 0.5) is 0 Å². The molecule has 2 aromatic rings. The van der Waals surface area contributed by atoms with Crippen LogP contribution in [0.3, 0.4) is 0 Å². The number of allylic oxidation sites excluding steroid dienone is 1. The highest BCUT2D eigenvalue weighted by molar-refractivity contribution is 7.14. The Morgan fingerprint density at radius 3 is 2.68 bits per heavy atom. The van der Waals surface area contributed by atoms with Crippen LogP contribution in [-0.2, 0) is 14.3 Å². The molecule has 1 unspecified atom stereocenters. The fraction of sp³-hybridized carbons (Fsp3) is 0.292. The minimum Gasteiger partial charge on any atom is -0.465 e. The molecule has 1 aromatic heterocycles. The highest BCUT2D eigenvalue weighted by Crippen LogP contribution is 2.27. The summed E-state index contributed by atoms with van der Waals surface area (Å²) in [5.41, 5.74) is 1.33. The summed E-state index contributed by atoms with van der Waals surface area (Å²) in [6, 6.07) is 12.6. The molecular formula is C24H26N2O4S. The lowest BCUT2D eigenvalue weighted by Gasteiger charge is -2.16. The zero-order chi connectivity index (χ0) is 22.2. The second-order valence-corrected chi connectivity index (χ2v) is 8.42. The second-order valence-electron chi connectivity index (χ2n) is 7.30. The third-order valence-corrected chi connectivity index (χ3v) is 6.11. The molecule has 1 aliphatic rings. The third kappa shape index (κ3) is 6.15. The lowest BCUT2D eigenvalue weighted by atomic mass is 10.1. The zero-order valence-electron chi connectivity index (χ0n) is 17.7. The van der Waals surface area contributed by atoms with Crippen LogP contribution in [0, 0.1) is 0 Å². The van der Waals surface area contributed by atoms with E-state index in [0.717, 1.165) is 4.88 Å². The number of ketones is 1. The summed E-state index contributed by atoms with van der Waals surface area (Å²) in [5.74, 6) is -0.951. The summed E-state index contributed by atoms with van der Waals surface area (Å²) >= 11 is 1.31. The quantitative estimate of drug-likeness (QED) is 0.365. The molecule has 1 N–H and O–H groups in total. The Labute approximate surface area is 186 Å². The molecule has 0 saturated carbocycles. The van der Waals surface area contributed by atoms with Crippen LogP contribution < -0.4 is 5.32 Å². The van der Waals surface area contributed by atoms with Crippen molar-refractivity contribution >= 4 is 29.0 Å². The lowest BCUT2D eigenvalue weighted by molar-refractivity contribution is -0.145. The molecule has 6 nitrogen and oxygen atoms in total. The Hall–Kier alpha value is -3.19. The summed E-state index contributed by atoms with van der Waals surface area (Å²) in [4.78, 5) is 40.2. The van der Waals surface area contributed by atoms with Gasteiger partial charge in [-0.2, -0.15) is 0 Å². The van der Waals surface area contributed by atoms with Crippen molar-refractivity contribution in [2.24, 2.45) is 0 Å². The van der Waals surface area contributed by atoms with Gasteiger partial charge in [-0.3, -0.25) is 14.4 Å². The largest absolute Gasteiger partial charge is 0.465 e. The van der Waals surface area contributed by atoms with E-state index in [1.54, 1.807) is 37.4 Å². The number of ether oxygens (including phenoxy) is 1. The average molecular weight is 439 g/mol. The minimum atomic E-state index is -0.452. The SMILES string of the molecule is CC(C(=O)OCCCNC(=O)C1=CN(C)C=CC1)c1ccc(C(=O)c2ccccc2)s1. The van der Waals surface area contributed by atoms with E-state index >= 15 is 0 Å². The van der Waals surface area contributed by atoms with Crippen molar-refractivity contribution in [2.75, 3.05) is 20.2 Å². The van der Waals surface area contributed by atoms with Gasteiger partial charge in [0.2, 0.25) is 11.7 Å². The number of esters is 1. The van der Waals surface area contributed by atoms with Crippen LogP contribution in [-0.4, -0.2) is 42.8 Å². The van der Waals surface area contributed by atoms with Crippen LogP contribution >= 0.6 is 11.3 Å². The average Bonchev–Trinajstić information content (AvgIpc) is 3.28. The highest BCUT2D eigenvalue weighted by Gasteiger charge is 2.21. The van der Waals surface area contributed by atoms with Crippen LogP contribution in [0.5, 0.6) is 0 Å². The van der Waals surface area contributed by atoms with E-state index in [9.17, 15) is 14.4 Å². The third-order valence-electron chi connectivity index (χ3n) is 4.85. The van der Waals surface area contributed by atoms with Gasteiger partial charge in [-0.1, -0.05) is 36.4 Å². The van der Waals surface area contributed by atoms with Crippen molar-refractivity contribution in [1.29, 1.82) is 0 Å². The molecule has 162 valence electrons. The standard InChI is InChI=1S/C24H26N2O4S/c1-17(20-11-12-21(31-20)22(27)18-8-4-3-5-9-18)24(29)30-15-7-13-25-23(28)19-10-6-14-26(2)16-19/h3-6,8-9,11-12,14,16-17H,7,10,13,15H2,1-2H3,(H,25,28). The van der Waals surface area contributed by atoms with Crippen molar-refractivity contribution in [1.82, 2.24) is 10.2 Å². The van der Waals surface area contributed by atoms with Gasteiger partial charge in [-0.25, -0.2) is 0 Å². The number of benzene rings is 1. The van der Waals surface area contributed by atoms with Crippen LogP contribution in [0.1, 0.15) is 45.8 Å². The fourth-order valence-electron chi connectivity index (χ4n) is 3.08. The van der Waals surface area contributed by atoms with Gasteiger partial charge in [-0.15, -0.1) is 11.3 Å². The topological polar surface area (TPSA) is 75.7 Å². The Bertz CT molecular complexity index is 994. The molecule has 0 bridgehead atoms. The van der Waals surface area contributed by atoms with Gasteiger partial charge in [0.1, 0.15) is 0 Å². The van der Waals surface area contributed by atoms with Gasteiger partial charge in [0.05, 0.1) is 17.4 Å². The first-order valence-corrected chi connectivity index (χ1v) is 11.0. The van der Waals surface area contributed by atoms with Crippen LogP contribution in [0.2, 0.25) is 0 Å². The minimum absolute atomic E-state index is 0.0528. The number of nitrogens with zero attached hydrogens (tertiary/aromatic N) is 1. The maximum atomic E-state index is 12.5. The molecule has 1 aromatic carbocycles. The molecule has 0 radical (unpaired) electrons. The summed E-state index contributed by atoms with van der Waals surface area (Å²) < 4.78 is 5.35. The van der Waals surface area contributed by atoms with E-state index in [4.69, 9.17) is 4.74 Å². The predicted octanol–water partition coefficient (Wildman–Crippen LogP) is 3.87. The van der Waals surface area contributed by atoms with Crippen molar-refractivity contribution < 1.29 is 19.1 Å². The molecule has 1 aliphatic heterocycles. The molecule has 0 aliphatic carbocycles. The van der Waals surface area contributed by atoms with Crippen LogP contribution in [0.15, 0.2) is 66.5 Å². The van der Waals surface area contributed by atoms with E-state index in [0.29, 0.717) is 35.4 Å². The number of amides is 1. The van der Waals surface area contributed by atoms with Gasteiger partial charge in [-0.05, 0) is 38.1 Å². The molecule has 31 heavy (non-hydrogen) atoms. The van der Waals surface area contributed by atoms with Crippen molar-refractivity contribution in [2.45, 2.75) is 25.7 Å². The van der Waals surface area contributed by atoms with E-state index < -0.39 is 5.92 Å². The summed E-state index contributed by atoms with van der Waals surface area (Å²) in [6.07, 6.45) is 6.78. The highest BCUT2D eigenvalue weighted by atomic mass is 32.1. The normalized spacial score (nSPS) is 14.0. The molecule has 1 amide bonds. The van der Waals surface area contributed by atoms with E-state index in [1.165, 1.54) is 11.3 Å². The van der Waals surface area contributed by atoms with Gasteiger partial charge in [0.25, 0.3) is 0 Å². The lowest BCUT2D eigenvalue weighted by Crippen LogP contribution is -2.28. The van der Waals surface area contributed by atoms with E-state index in [2.05, 4.69) is 5.32 Å². The molecule has 0 spiro atoms. The summed E-state index contributed by atoms with van der Waals surface area (Å²) in [7, 11) is 1.87. The van der Waals surface area contributed by atoms with Crippen LogP contribution in [0.25, 0.3) is 0 Å². The Kier molecular flexibility index (Phi) is 7.78. The fourth-order valence-corrected chi connectivity index (χ4v) is 4.09. The number of carbonyl (C=O) groups excluding carboxylic acids is 3. The summed E-state index contributed by atoms with van der Waals surface area (Å²) in [6.45, 7) is 2.43. The van der Waals surface area contributed by atoms with E-state index in [1.807, 2.05) is 42.4 Å². The first-order valence-electron chi connectivity index (χ1n) is 10.2. The number of carbonyl (C=O) groups is 3. The second kappa shape index (κ2) is 10.7. The van der Waals surface area contributed by atoms with Gasteiger partial charge < -0.3 is 15.0 Å². The first-order chi connectivity index (χ1) is 15.0. The smallest absolute Gasteiger partial charge is 0.313 e. The Morgan fingerprint density at radius 2 is 1.94 bits per heavy atom. The zero-order valence-corrected chi connectivity index (χ0v) is 18.5. The molecule has 0 fully saturated rings. The van der Waals surface area contributed by atoms with Gasteiger partial charge in [0.15, 0.2) is 0 Å². The predicted molar refractivity (Wildman–Crippen MR) is 121 cm³/mol. The molecule has 3 rings (SSSR count). The molecule has 2 heterocycles. The van der Waals surface area contributed by atoms with E-state index in [-0.39, 0.29) is 24.3 Å². The maximum absolute atomic E-state index is 12.5. The number of nitrogens with one attached hydrogen (secondary N) is 1. The number of rotatable bonds is 9. The molecule has 0 saturated heterocycles. The summed E-state index contributed by atoms with van der Waals surface area (Å²) in [5, 5.41) is 2.84. The Balaban J connectivity index is 1.41. The van der Waals surface area contributed by atoms with Gasteiger partial charge >= 0.3 is 5.97 Å². The van der Waals surface area contributed by atoms with Crippen molar-refractivity contribution in [3.05, 3.63) is 81.8 Å². The molecular weight excluding hydrogens is 412 g/mol. The Morgan fingerprint density at radius 1 is 1.16 bits per heavy atom. The number of hydrogen-bond donors (Lipinski definition) is 1. The first kappa shape index (κ1) is 22.5. The van der Waals surface area contributed by atoms with Crippen molar-refractivity contribution in [3.8, 4) is 0 Å².